The zero-order valence-electron chi connectivity index (χ0n) is 11.4. The number of nitrogens with zero attached hydrogens (tertiary/aromatic N) is 2. The number of aryl methyl sites for hydroxylation is 4. The van der Waals surface area contributed by atoms with E-state index < -0.39 is 0 Å². The van der Waals surface area contributed by atoms with Gasteiger partial charge in [-0.1, -0.05) is 18.2 Å². The molecule has 0 N–H and O–H groups in total. The van der Waals surface area contributed by atoms with E-state index in [-0.39, 0.29) is 0 Å². The van der Waals surface area contributed by atoms with Gasteiger partial charge in [0.2, 0.25) is 0 Å². The van der Waals surface area contributed by atoms with Gasteiger partial charge in [0.05, 0.1) is 0 Å². The second-order valence-electron chi connectivity index (χ2n) is 5.49. The molecule has 18 heavy (non-hydrogen) atoms. The molecule has 0 bridgehead atoms. The topological polar surface area (TPSA) is 17.8 Å². The molecule has 2 heteroatoms. The predicted octanol–water partition coefficient (Wildman–Crippen LogP) is 3.54. The van der Waals surface area contributed by atoms with Crippen molar-refractivity contribution in [1.82, 2.24) is 9.55 Å². The van der Waals surface area contributed by atoms with Crippen molar-refractivity contribution >= 4 is 0 Å². The van der Waals surface area contributed by atoms with E-state index in [9.17, 15) is 0 Å². The first-order chi connectivity index (χ1) is 8.65. The van der Waals surface area contributed by atoms with Crippen molar-refractivity contribution in [2.24, 2.45) is 0 Å². The van der Waals surface area contributed by atoms with Crippen molar-refractivity contribution in [3.05, 3.63) is 52.6 Å². The van der Waals surface area contributed by atoms with Crippen LogP contribution in [-0.2, 0) is 13.0 Å². The number of imidazole rings is 1. The molecular weight excluding hydrogens is 220 g/mol. The maximum Gasteiger partial charge on any atom is 0.105 e. The van der Waals surface area contributed by atoms with Gasteiger partial charge < -0.3 is 4.57 Å². The van der Waals surface area contributed by atoms with Crippen molar-refractivity contribution in [2.75, 3.05) is 0 Å². The summed E-state index contributed by atoms with van der Waals surface area (Å²) in [5.74, 6) is 1.79. The Morgan fingerprint density at radius 3 is 2.78 bits per heavy atom. The van der Waals surface area contributed by atoms with Crippen molar-refractivity contribution in [3.8, 4) is 0 Å². The Bertz CT molecular complexity index is 581. The summed E-state index contributed by atoms with van der Waals surface area (Å²) in [6, 6.07) is 6.91. The highest BCUT2D eigenvalue weighted by Crippen LogP contribution is 2.30. The molecular formula is C16H20N2. The Morgan fingerprint density at radius 1 is 1.17 bits per heavy atom. The summed E-state index contributed by atoms with van der Waals surface area (Å²) >= 11 is 0. The summed E-state index contributed by atoms with van der Waals surface area (Å²) < 4.78 is 2.38. The maximum atomic E-state index is 4.42. The number of hydrogen-bond acceptors (Lipinski definition) is 1. The Morgan fingerprint density at radius 2 is 2.00 bits per heavy atom. The Labute approximate surface area is 109 Å². The first-order valence-corrected chi connectivity index (χ1v) is 6.73. The molecule has 1 aliphatic rings. The van der Waals surface area contributed by atoms with Crippen molar-refractivity contribution in [1.29, 1.82) is 0 Å². The van der Waals surface area contributed by atoms with Crippen LogP contribution in [0.2, 0.25) is 0 Å². The molecule has 1 aromatic carbocycles. The molecule has 0 spiro atoms. The summed E-state index contributed by atoms with van der Waals surface area (Å²) in [6.45, 7) is 7.57. The highest BCUT2D eigenvalue weighted by molar-refractivity contribution is 5.32. The van der Waals surface area contributed by atoms with Crippen LogP contribution in [0.1, 0.15) is 40.5 Å². The molecule has 0 radical (unpaired) electrons. The maximum absolute atomic E-state index is 4.42. The smallest absolute Gasteiger partial charge is 0.105 e. The lowest BCUT2D eigenvalue weighted by Crippen LogP contribution is -2.19. The minimum atomic E-state index is 0.643. The van der Waals surface area contributed by atoms with E-state index in [0.29, 0.717) is 5.92 Å². The summed E-state index contributed by atoms with van der Waals surface area (Å²) in [4.78, 5) is 4.42. The number of aromatic nitrogens is 2. The van der Waals surface area contributed by atoms with E-state index in [4.69, 9.17) is 0 Å². The summed E-state index contributed by atoms with van der Waals surface area (Å²) in [6.07, 6.45) is 4.43. The lowest BCUT2D eigenvalue weighted by Gasteiger charge is -2.26. The van der Waals surface area contributed by atoms with Gasteiger partial charge in [0, 0.05) is 24.4 Å². The monoisotopic (exact) mass is 240 g/mol. The molecule has 3 rings (SSSR count). The van der Waals surface area contributed by atoms with Crippen molar-refractivity contribution in [3.63, 3.8) is 0 Å². The second kappa shape index (κ2) is 4.27. The minimum Gasteiger partial charge on any atom is -0.332 e. The van der Waals surface area contributed by atoms with E-state index in [1.54, 1.807) is 0 Å². The normalized spacial score (nSPS) is 18.7. The van der Waals surface area contributed by atoms with Crippen LogP contribution >= 0.6 is 0 Å². The molecule has 1 aromatic heterocycles. The van der Waals surface area contributed by atoms with E-state index in [0.717, 1.165) is 18.8 Å². The molecule has 0 saturated heterocycles. The van der Waals surface area contributed by atoms with Gasteiger partial charge in [0.1, 0.15) is 5.82 Å². The fourth-order valence-corrected chi connectivity index (χ4v) is 2.89. The van der Waals surface area contributed by atoms with Crippen LogP contribution in [0.15, 0.2) is 24.4 Å². The molecule has 1 unspecified atom stereocenters. The average Bonchev–Trinajstić information content (AvgIpc) is 2.74. The summed E-state index contributed by atoms with van der Waals surface area (Å²) in [5, 5.41) is 0. The van der Waals surface area contributed by atoms with Gasteiger partial charge in [-0.3, -0.25) is 0 Å². The molecule has 0 amide bonds. The minimum absolute atomic E-state index is 0.643. The Hall–Kier alpha value is -1.57. The van der Waals surface area contributed by atoms with E-state index in [1.165, 1.54) is 28.8 Å². The number of rotatable bonds is 1. The SMILES string of the molecule is Cc1ccc(C2CCc3cnc(C)n3C2)cc1C. The van der Waals surface area contributed by atoms with Crippen LogP contribution in [0.4, 0.5) is 0 Å². The van der Waals surface area contributed by atoms with Gasteiger partial charge in [-0.25, -0.2) is 4.98 Å². The Kier molecular flexibility index (Phi) is 2.73. The van der Waals surface area contributed by atoms with Gasteiger partial charge in [-0.15, -0.1) is 0 Å². The van der Waals surface area contributed by atoms with Crippen LogP contribution in [0.25, 0.3) is 0 Å². The lowest BCUT2D eigenvalue weighted by molar-refractivity contribution is 0.456. The van der Waals surface area contributed by atoms with Gasteiger partial charge >= 0.3 is 0 Å². The van der Waals surface area contributed by atoms with Gasteiger partial charge in [0.15, 0.2) is 0 Å². The van der Waals surface area contributed by atoms with Gasteiger partial charge in [-0.05, 0) is 50.3 Å². The number of hydrogen-bond donors (Lipinski definition) is 0. The fourth-order valence-electron chi connectivity index (χ4n) is 2.89. The third kappa shape index (κ3) is 1.86. The highest BCUT2D eigenvalue weighted by Gasteiger charge is 2.21. The molecule has 2 aromatic rings. The van der Waals surface area contributed by atoms with E-state index in [2.05, 4.69) is 48.5 Å². The molecule has 0 fully saturated rings. The van der Waals surface area contributed by atoms with Gasteiger partial charge in [-0.2, -0.15) is 0 Å². The van der Waals surface area contributed by atoms with Crippen LogP contribution in [-0.4, -0.2) is 9.55 Å². The first-order valence-electron chi connectivity index (χ1n) is 6.73. The first kappa shape index (κ1) is 11.5. The van der Waals surface area contributed by atoms with Crippen LogP contribution in [0.5, 0.6) is 0 Å². The lowest BCUT2D eigenvalue weighted by atomic mass is 9.89. The van der Waals surface area contributed by atoms with Gasteiger partial charge in [0.25, 0.3) is 0 Å². The standard InChI is InChI=1S/C16H20N2/c1-11-4-5-14(8-12(11)2)15-6-7-16-9-17-13(3)18(16)10-15/h4-5,8-9,15H,6-7,10H2,1-3H3. The van der Waals surface area contributed by atoms with Crippen molar-refractivity contribution in [2.45, 2.75) is 46.1 Å². The Balaban J connectivity index is 1.91. The summed E-state index contributed by atoms with van der Waals surface area (Å²) in [5.41, 5.74) is 5.67. The predicted molar refractivity (Wildman–Crippen MR) is 73.9 cm³/mol. The average molecular weight is 240 g/mol. The third-order valence-electron chi connectivity index (χ3n) is 4.29. The third-order valence-corrected chi connectivity index (χ3v) is 4.29. The van der Waals surface area contributed by atoms with Crippen LogP contribution in [0, 0.1) is 20.8 Å². The fraction of sp³-hybridized carbons (Fsp3) is 0.438. The molecule has 0 saturated carbocycles. The number of fused-ring (bicyclic) bond motifs is 1. The highest BCUT2D eigenvalue weighted by atomic mass is 15.1. The van der Waals surface area contributed by atoms with Crippen molar-refractivity contribution < 1.29 is 0 Å². The van der Waals surface area contributed by atoms with Crippen LogP contribution in [0.3, 0.4) is 0 Å². The van der Waals surface area contributed by atoms with E-state index >= 15 is 0 Å². The molecule has 2 heterocycles. The zero-order valence-corrected chi connectivity index (χ0v) is 11.4. The van der Waals surface area contributed by atoms with E-state index in [1.807, 2.05) is 6.20 Å². The molecule has 94 valence electrons. The molecule has 2 nitrogen and oxygen atoms in total. The molecule has 1 atom stereocenters. The molecule has 1 aliphatic heterocycles. The summed E-state index contributed by atoms with van der Waals surface area (Å²) in [7, 11) is 0. The number of benzene rings is 1. The van der Waals surface area contributed by atoms with Crippen LogP contribution < -0.4 is 0 Å². The largest absolute Gasteiger partial charge is 0.332 e. The molecule has 0 aliphatic carbocycles. The zero-order chi connectivity index (χ0) is 12.7. The quantitative estimate of drug-likeness (QED) is 0.745. The second-order valence-corrected chi connectivity index (χ2v) is 5.49.